The van der Waals surface area contributed by atoms with Gasteiger partial charge in [-0.1, -0.05) is 59.6 Å². The Morgan fingerprint density at radius 2 is 2.00 bits per heavy atom. The van der Waals surface area contributed by atoms with Crippen molar-refractivity contribution < 1.29 is 4.79 Å². The predicted molar refractivity (Wildman–Crippen MR) is 100 cm³/mol. The van der Waals surface area contributed by atoms with Gasteiger partial charge in [0.1, 0.15) is 5.82 Å². The van der Waals surface area contributed by atoms with Crippen LogP contribution in [-0.4, -0.2) is 26.4 Å². The van der Waals surface area contributed by atoms with Gasteiger partial charge in [0.25, 0.3) is 0 Å². The number of nitrogens with zero attached hydrogens (tertiary/aromatic N) is 3. The van der Waals surface area contributed by atoms with Crippen molar-refractivity contribution in [1.29, 1.82) is 0 Å². The molecule has 5 nitrogen and oxygen atoms in total. The first kappa shape index (κ1) is 19.1. The Labute approximate surface area is 159 Å². The van der Waals surface area contributed by atoms with Crippen LogP contribution in [0.3, 0.4) is 0 Å². The molecule has 24 heavy (non-hydrogen) atoms. The minimum Gasteiger partial charge on any atom is -0.324 e. The fraction of sp³-hybridized carbons (Fsp3) is 0.267. The van der Waals surface area contributed by atoms with Crippen LogP contribution in [0.1, 0.15) is 12.7 Å². The number of aryl methyl sites for hydroxylation is 1. The van der Waals surface area contributed by atoms with E-state index in [2.05, 4.69) is 22.1 Å². The van der Waals surface area contributed by atoms with Crippen LogP contribution in [0.5, 0.6) is 0 Å². The summed E-state index contributed by atoms with van der Waals surface area (Å²) in [5.74, 6) is 0.784. The molecule has 0 aliphatic carbocycles. The van der Waals surface area contributed by atoms with E-state index in [0.29, 0.717) is 32.5 Å². The molecule has 0 saturated heterocycles. The van der Waals surface area contributed by atoms with Crippen molar-refractivity contribution in [3.63, 3.8) is 0 Å². The predicted octanol–water partition coefficient (Wildman–Crippen LogP) is 4.72. The first-order valence-corrected chi connectivity index (χ1v) is 9.18. The van der Waals surface area contributed by atoms with E-state index in [-0.39, 0.29) is 11.7 Å². The van der Waals surface area contributed by atoms with Crippen molar-refractivity contribution in [2.75, 3.05) is 11.1 Å². The molecule has 0 atom stereocenters. The molecule has 0 unspecified atom stereocenters. The number of allylic oxidation sites excluding steroid dienone is 1. The number of benzene rings is 1. The molecule has 0 fully saturated rings. The van der Waals surface area contributed by atoms with Crippen LogP contribution in [-0.2, 0) is 17.8 Å². The van der Waals surface area contributed by atoms with Gasteiger partial charge in [-0.2, -0.15) is 0 Å². The Morgan fingerprint density at radius 3 is 2.67 bits per heavy atom. The zero-order valence-corrected chi connectivity index (χ0v) is 15.9. The summed E-state index contributed by atoms with van der Waals surface area (Å²) in [4.78, 5) is 12.1. The van der Waals surface area contributed by atoms with Crippen LogP contribution in [0, 0.1) is 0 Å². The van der Waals surface area contributed by atoms with Gasteiger partial charge in [-0.05, 0) is 12.1 Å². The average molecular weight is 406 g/mol. The minimum atomic E-state index is -0.230. The number of hydrogen-bond donors (Lipinski definition) is 1. The maximum Gasteiger partial charge on any atom is 0.234 e. The van der Waals surface area contributed by atoms with E-state index in [9.17, 15) is 4.79 Å². The number of aromatic nitrogens is 3. The highest BCUT2D eigenvalue weighted by molar-refractivity contribution is 7.99. The summed E-state index contributed by atoms with van der Waals surface area (Å²) in [6, 6.07) is 3.01. The summed E-state index contributed by atoms with van der Waals surface area (Å²) in [6.45, 7) is 6.32. The van der Waals surface area contributed by atoms with Crippen molar-refractivity contribution >= 4 is 58.2 Å². The largest absolute Gasteiger partial charge is 0.324 e. The van der Waals surface area contributed by atoms with Gasteiger partial charge in [-0.3, -0.25) is 4.79 Å². The summed E-state index contributed by atoms with van der Waals surface area (Å²) < 4.78 is 1.93. The fourth-order valence-corrected chi connectivity index (χ4v) is 3.30. The lowest BCUT2D eigenvalue weighted by molar-refractivity contribution is -0.113. The third-order valence-electron chi connectivity index (χ3n) is 3.04. The third kappa shape index (κ3) is 4.66. The van der Waals surface area contributed by atoms with Crippen LogP contribution in [0.4, 0.5) is 5.69 Å². The molecule has 128 valence electrons. The monoisotopic (exact) mass is 404 g/mol. The minimum absolute atomic E-state index is 0.162. The number of thioether (sulfide) groups is 1. The van der Waals surface area contributed by atoms with E-state index in [4.69, 9.17) is 34.8 Å². The van der Waals surface area contributed by atoms with Gasteiger partial charge >= 0.3 is 0 Å². The molecule has 1 heterocycles. The summed E-state index contributed by atoms with van der Waals surface area (Å²) in [5.41, 5.74) is 0.415. The van der Waals surface area contributed by atoms with Crippen LogP contribution in [0.15, 0.2) is 29.9 Å². The van der Waals surface area contributed by atoms with Gasteiger partial charge in [0.05, 0.1) is 26.5 Å². The summed E-state index contributed by atoms with van der Waals surface area (Å²) in [6.07, 6.45) is 2.52. The molecule has 0 radical (unpaired) electrons. The summed E-state index contributed by atoms with van der Waals surface area (Å²) in [7, 11) is 0. The number of rotatable bonds is 7. The highest BCUT2D eigenvalue weighted by Gasteiger charge is 2.14. The maximum absolute atomic E-state index is 12.1. The van der Waals surface area contributed by atoms with Gasteiger partial charge in [-0.15, -0.1) is 16.8 Å². The van der Waals surface area contributed by atoms with Crippen LogP contribution >= 0.6 is 46.6 Å². The molecular weight excluding hydrogens is 391 g/mol. The first-order valence-electron chi connectivity index (χ1n) is 7.06. The summed E-state index contributed by atoms with van der Waals surface area (Å²) >= 11 is 19.1. The van der Waals surface area contributed by atoms with Gasteiger partial charge < -0.3 is 9.88 Å². The normalized spacial score (nSPS) is 10.7. The van der Waals surface area contributed by atoms with E-state index >= 15 is 0 Å². The number of nitrogens with one attached hydrogen (secondary N) is 1. The maximum atomic E-state index is 12.1. The molecule has 9 heteroatoms. The molecule has 1 N–H and O–H groups in total. The van der Waals surface area contributed by atoms with E-state index in [0.717, 1.165) is 12.2 Å². The molecule has 1 aromatic heterocycles. The molecule has 0 aliphatic rings. The molecule has 2 rings (SSSR count). The number of carbonyl (C=O) groups is 1. The van der Waals surface area contributed by atoms with E-state index in [1.807, 2.05) is 11.5 Å². The van der Waals surface area contributed by atoms with Gasteiger partial charge in [0.2, 0.25) is 5.91 Å². The highest BCUT2D eigenvalue weighted by atomic mass is 35.5. The van der Waals surface area contributed by atoms with E-state index in [1.54, 1.807) is 6.08 Å². The Bertz CT molecular complexity index is 763. The van der Waals surface area contributed by atoms with Gasteiger partial charge in [-0.25, -0.2) is 0 Å². The van der Waals surface area contributed by atoms with Crippen molar-refractivity contribution in [2.45, 2.75) is 25.0 Å². The second-order valence-electron chi connectivity index (χ2n) is 4.73. The smallest absolute Gasteiger partial charge is 0.234 e. The van der Waals surface area contributed by atoms with Crippen LogP contribution in [0.2, 0.25) is 15.1 Å². The lowest BCUT2D eigenvalue weighted by Gasteiger charge is -2.09. The van der Waals surface area contributed by atoms with Gasteiger partial charge in [0.15, 0.2) is 5.16 Å². The van der Waals surface area contributed by atoms with E-state index < -0.39 is 0 Å². The molecular formula is C15H15Cl3N4OS. The lowest BCUT2D eigenvalue weighted by Crippen LogP contribution is -2.15. The molecule has 2 aromatic rings. The third-order valence-corrected chi connectivity index (χ3v) is 5.04. The first-order chi connectivity index (χ1) is 11.5. The van der Waals surface area contributed by atoms with Crippen LogP contribution < -0.4 is 5.32 Å². The second kappa shape index (κ2) is 8.76. The van der Waals surface area contributed by atoms with Crippen molar-refractivity contribution in [3.05, 3.63) is 45.7 Å². The summed E-state index contributed by atoms with van der Waals surface area (Å²) in [5, 5.41) is 12.6. The zero-order chi connectivity index (χ0) is 17.7. The Hall–Kier alpha value is -1.21. The molecule has 0 spiro atoms. The number of amides is 1. The van der Waals surface area contributed by atoms with E-state index in [1.165, 1.54) is 23.9 Å². The Morgan fingerprint density at radius 1 is 1.29 bits per heavy atom. The molecule has 1 amide bonds. The number of hydrogen-bond acceptors (Lipinski definition) is 4. The van der Waals surface area contributed by atoms with Gasteiger partial charge in [0, 0.05) is 13.0 Å². The SMILES string of the molecule is C=CCn1c(CC)nnc1SCC(=O)Nc1cc(Cl)c(Cl)cc1Cl. The molecule has 0 aliphatic heterocycles. The number of halogens is 3. The highest BCUT2D eigenvalue weighted by Crippen LogP contribution is 2.32. The topological polar surface area (TPSA) is 59.8 Å². The molecule has 0 saturated carbocycles. The second-order valence-corrected chi connectivity index (χ2v) is 6.90. The lowest BCUT2D eigenvalue weighted by atomic mass is 10.3. The zero-order valence-electron chi connectivity index (χ0n) is 12.9. The van der Waals surface area contributed by atoms with Crippen molar-refractivity contribution in [3.8, 4) is 0 Å². The van der Waals surface area contributed by atoms with Crippen molar-refractivity contribution in [2.24, 2.45) is 0 Å². The number of anilines is 1. The van der Waals surface area contributed by atoms with Crippen molar-refractivity contribution in [1.82, 2.24) is 14.8 Å². The standard InChI is InChI=1S/C15H15Cl3N4OS/c1-3-5-22-13(4-2)20-21-15(22)24-8-14(23)19-12-7-10(17)9(16)6-11(12)18/h3,6-7H,1,4-5,8H2,2H3,(H,19,23). The molecule has 0 bridgehead atoms. The number of carbonyl (C=O) groups excluding carboxylic acids is 1. The average Bonchev–Trinajstić information content (AvgIpc) is 2.93. The Kier molecular flexibility index (Phi) is 6.98. The quantitative estimate of drug-likeness (QED) is 0.411. The Balaban J connectivity index is 2.03. The molecule has 1 aromatic carbocycles. The van der Waals surface area contributed by atoms with Crippen LogP contribution in [0.25, 0.3) is 0 Å². The fourth-order valence-electron chi connectivity index (χ4n) is 1.93.